The van der Waals surface area contributed by atoms with Crippen molar-refractivity contribution in [2.45, 2.75) is 26.7 Å². The van der Waals surface area contributed by atoms with Gasteiger partial charge in [0.25, 0.3) is 18.2 Å². The summed E-state index contributed by atoms with van der Waals surface area (Å²) in [5.41, 5.74) is -0.442. The summed E-state index contributed by atoms with van der Waals surface area (Å²) < 4.78 is 56.6. The average molecular weight is 501 g/mol. The van der Waals surface area contributed by atoms with Gasteiger partial charge >= 0.3 is 5.97 Å². The summed E-state index contributed by atoms with van der Waals surface area (Å²) >= 11 is 0. The minimum absolute atomic E-state index is 0.124. The molecular weight excluding hydrogens is 479 g/mol. The van der Waals surface area contributed by atoms with Gasteiger partial charge in [0.05, 0.1) is 36.4 Å². The minimum atomic E-state index is -2.82. The summed E-state index contributed by atoms with van der Waals surface area (Å²) in [5, 5.41) is 0.719. The van der Waals surface area contributed by atoms with Crippen molar-refractivity contribution in [2.24, 2.45) is 0 Å². The summed E-state index contributed by atoms with van der Waals surface area (Å²) in [4.78, 5) is 39.4. The highest BCUT2D eigenvalue weighted by molar-refractivity contribution is 6.39. The third-order valence-corrected chi connectivity index (χ3v) is 5.50. The van der Waals surface area contributed by atoms with Crippen LogP contribution in [0.1, 0.15) is 40.1 Å². The lowest BCUT2D eigenvalue weighted by molar-refractivity contribution is -0.142. The van der Waals surface area contributed by atoms with Crippen LogP contribution >= 0.6 is 0 Å². The highest BCUT2D eigenvalue weighted by atomic mass is 19.3. The fourth-order valence-electron chi connectivity index (χ4n) is 4.12. The molecule has 0 aliphatic carbocycles. The molecule has 0 spiro atoms. The van der Waals surface area contributed by atoms with Gasteiger partial charge in [-0.1, -0.05) is 18.2 Å². The smallest absolute Gasteiger partial charge is 0.310 e. The quantitative estimate of drug-likeness (QED) is 0.306. The first kappa shape index (κ1) is 25.0. The molecule has 0 bridgehead atoms. The summed E-state index contributed by atoms with van der Waals surface area (Å²) in [7, 11) is 0. The minimum Gasteiger partial charge on any atom is -0.493 e. The predicted molar refractivity (Wildman–Crippen MR) is 124 cm³/mol. The van der Waals surface area contributed by atoms with Crippen molar-refractivity contribution in [1.82, 2.24) is 0 Å². The lowest BCUT2D eigenvalue weighted by Gasteiger charge is -2.16. The Balaban J connectivity index is 1.83. The van der Waals surface area contributed by atoms with Gasteiger partial charge in [-0.05, 0) is 49.1 Å². The standard InChI is InChI=1S/C26H22F3NO6/c1-3-34-18-7-5-6-15-12-19(36-13-20(28)29)23-24(22(15)18)26(33)30(25(23)32)17-9-8-14(10-16(17)27)11-21(31)35-4-2/h5-10,12,20H,3-4,11,13H2,1-2H3. The van der Waals surface area contributed by atoms with E-state index >= 15 is 4.39 Å². The van der Waals surface area contributed by atoms with Crippen LogP contribution in [-0.2, 0) is 16.0 Å². The molecule has 0 saturated heterocycles. The molecule has 3 aromatic carbocycles. The maximum atomic E-state index is 15.1. The largest absolute Gasteiger partial charge is 0.493 e. The van der Waals surface area contributed by atoms with Gasteiger partial charge in [0.1, 0.15) is 23.9 Å². The number of esters is 1. The summed E-state index contributed by atoms with van der Waals surface area (Å²) in [6, 6.07) is 9.90. The second-order valence-corrected chi connectivity index (χ2v) is 7.83. The van der Waals surface area contributed by atoms with Crippen LogP contribution in [0, 0.1) is 5.82 Å². The van der Waals surface area contributed by atoms with Gasteiger partial charge in [-0.15, -0.1) is 0 Å². The first-order valence-corrected chi connectivity index (χ1v) is 11.2. The van der Waals surface area contributed by atoms with Gasteiger partial charge in [-0.3, -0.25) is 14.4 Å². The molecule has 36 heavy (non-hydrogen) atoms. The van der Waals surface area contributed by atoms with E-state index in [2.05, 4.69) is 0 Å². The number of hydrogen-bond acceptors (Lipinski definition) is 6. The van der Waals surface area contributed by atoms with Crippen LogP contribution in [0.4, 0.5) is 18.9 Å². The highest BCUT2D eigenvalue weighted by Gasteiger charge is 2.43. The average Bonchev–Trinajstić information content (AvgIpc) is 3.08. The molecule has 10 heteroatoms. The van der Waals surface area contributed by atoms with E-state index in [1.807, 2.05) is 0 Å². The van der Waals surface area contributed by atoms with Crippen molar-refractivity contribution in [3.05, 3.63) is 65.0 Å². The van der Waals surface area contributed by atoms with Crippen LogP contribution in [0.5, 0.6) is 11.5 Å². The molecule has 0 unspecified atom stereocenters. The number of hydrogen-bond donors (Lipinski definition) is 0. The van der Waals surface area contributed by atoms with Gasteiger partial charge < -0.3 is 14.2 Å². The number of ether oxygens (including phenoxy) is 3. The molecule has 0 fully saturated rings. The van der Waals surface area contributed by atoms with E-state index < -0.39 is 36.6 Å². The topological polar surface area (TPSA) is 82.1 Å². The van der Waals surface area contributed by atoms with E-state index in [9.17, 15) is 23.2 Å². The van der Waals surface area contributed by atoms with Crippen molar-refractivity contribution in [1.29, 1.82) is 0 Å². The summed E-state index contributed by atoms with van der Waals surface area (Å²) in [5.74, 6) is -3.17. The van der Waals surface area contributed by atoms with Crippen molar-refractivity contribution in [2.75, 3.05) is 24.7 Å². The van der Waals surface area contributed by atoms with Crippen LogP contribution in [-0.4, -0.2) is 44.0 Å². The molecule has 0 aromatic heterocycles. The lowest BCUT2D eigenvalue weighted by Crippen LogP contribution is -2.30. The highest BCUT2D eigenvalue weighted by Crippen LogP contribution is 2.43. The first-order valence-electron chi connectivity index (χ1n) is 11.2. The Bertz CT molecular complexity index is 1360. The van der Waals surface area contributed by atoms with Crippen LogP contribution in [0.3, 0.4) is 0 Å². The maximum absolute atomic E-state index is 15.1. The van der Waals surface area contributed by atoms with Gasteiger partial charge in [0, 0.05) is 5.39 Å². The van der Waals surface area contributed by atoms with Crippen LogP contribution in [0.15, 0.2) is 42.5 Å². The Morgan fingerprint density at radius 1 is 0.944 bits per heavy atom. The first-order chi connectivity index (χ1) is 17.3. The molecule has 188 valence electrons. The summed E-state index contributed by atoms with van der Waals surface area (Å²) in [6.07, 6.45) is -3.01. The van der Waals surface area contributed by atoms with Crippen molar-refractivity contribution in [3.8, 4) is 11.5 Å². The molecule has 1 aliphatic rings. The molecule has 3 aromatic rings. The zero-order valence-electron chi connectivity index (χ0n) is 19.5. The monoisotopic (exact) mass is 501 g/mol. The molecule has 1 heterocycles. The Hall–Kier alpha value is -4.08. The molecule has 0 N–H and O–H groups in total. The Kier molecular flexibility index (Phi) is 7.14. The normalized spacial score (nSPS) is 12.9. The Morgan fingerprint density at radius 2 is 1.69 bits per heavy atom. The molecule has 4 rings (SSSR count). The molecule has 1 aliphatic heterocycles. The van der Waals surface area contributed by atoms with E-state index in [0.717, 1.165) is 6.07 Å². The Morgan fingerprint density at radius 3 is 2.36 bits per heavy atom. The fourth-order valence-corrected chi connectivity index (χ4v) is 4.12. The van der Waals surface area contributed by atoms with Crippen LogP contribution in [0.25, 0.3) is 10.8 Å². The molecule has 0 atom stereocenters. The second-order valence-electron chi connectivity index (χ2n) is 7.83. The molecule has 7 nitrogen and oxygen atoms in total. The van der Waals surface area contributed by atoms with Gasteiger partial charge in [-0.25, -0.2) is 18.1 Å². The van der Waals surface area contributed by atoms with Gasteiger partial charge in [-0.2, -0.15) is 0 Å². The number of anilines is 1. The number of rotatable bonds is 9. The SMILES string of the molecule is CCOC(=O)Cc1ccc(N2C(=O)c3c(OCC(F)F)cc4cccc(OCC)c4c3C2=O)c(F)c1. The lowest BCUT2D eigenvalue weighted by atomic mass is 9.98. The number of carbonyl (C=O) groups is 3. The van der Waals surface area contributed by atoms with E-state index in [-0.39, 0.29) is 47.8 Å². The molecular formula is C26H22F3NO6. The number of imide groups is 1. The number of benzene rings is 3. The van der Waals surface area contributed by atoms with Crippen LogP contribution < -0.4 is 14.4 Å². The maximum Gasteiger partial charge on any atom is 0.310 e. The van der Waals surface area contributed by atoms with Gasteiger partial charge in [0.15, 0.2) is 0 Å². The van der Waals surface area contributed by atoms with E-state index in [1.54, 1.807) is 32.0 Å². The van der Waals surface area contributed by atoms with Gasteiger partial charge in [0.2, 0.25) is 0 Å². The summed E-state index contributed by atoms with van der Waals surface area (Å²) in [6.45, 7) is 2.82. The number of halogens is 3. The zero-order valence-corrected chi connectivity index (χ0v) is 19.5. The van der Waals surface area contributed by atoms with E-state index in [4.69, 9.17) is 14.2 Å². The third kappa shape index (κ3) is 4.58. The molecule has 0 saturated carbocycles. The van der Waals surface area contributed by atoms with Crippen molar-refractivity contribution in [3.63, 3.8) is 0 Å². The molecule has 0 radical (unpaired) electrons. The second kappa shape index (κ2) is 10.3. The number of fused-ring (bicyclic) bond motifs is 3. The fraction of sp³-hybridized carbons (Fsp3) is 0.269. The number of amides is 2. The number of carbonyl (C=O) groups excluding carboxylic acids is 3. The van der Waals surface area contributed by atoms with E-state index in [0.29, 0.717) is 21.4 Å². The number of alkyl halides is 2. The third-order valence-electron chi connectivity index (χ3n) is 5.50. The Labute approximate surface area is 204 Å². The van der Waals surface area contributed by atoms with E-state index in [1.165, 1.54) is 18.2 Å². The number of nitrogens with zero attached hydrogens (tertiary/aromatic N) is 1. The van der Waals surface area contributed by atoms with Crippen molar-refractivity contribution >= 4 is 34.2 Å². The van der Waals surface area contributed by atoms with Crippen molar-refractivity contribution < 1.29 is 41.8 Å². The van der Waals surface area contributed by atoms with Crippen LogP contribution in [0.2, 0.25) is 0 Å². The predicted octanol–water partition coefficient (Wildman–Crippen LogP) is 4.93. The zero-order chi connectivity index (χ0) is 26.0. The molecule has 2 amide bonds.